The second kappa shape index (κ2) is 7.65. The highest BCUT2D eigenvalue weighted by Gasteiger charge is 2.24. The van der Waals surface area contributed by atoms with Crippen molar-refractivity contribution in [2.45, 2.75) is 0 Å². The summed E-state index contributed by atoms with van der Waals surface area (Å²) in [5.74, 6) is 0. The Kier molecular flexibility index (Phi) is 3.94. The number of hydrogen-bond donors (Lipinski definition) is 0. The number of furan rings is 1. The molecule has 0 N–H and O–H groups in total. The summed E-state index contributed by atoms with van der Waals surface area (Å²) >= 11 is 1.88. The van der Waals surface area contributed by atoms with Gasteiger partial charge in [-0.1, -0.05) is 60.7 Å². The third kappa shape index (κ3) is 2.75. The lowest BCUT2D eigenvalue weighted by Gasteiger charge is -2.05. The molecule has 0 aliphatic heterocycles. The van der Waals surface area contributed by atoms with E-state index < -0.39 is 0 Å². The van der Waals surface area contributed by atoms with Crippen molar-refractivity contribution >= 4 is 103 Å². The number of fused-ring (bicyclic) bond motifs is 14. The maximum atomic E-state index is 6.12. The Morgan fingerprint density at radius 2 is 1.28 bits per heavy atom. The fourth-order valence-electron chi connectivity index (χ4n) is 7.20. The first-order chi connectivity index (χ1) is 21.3. The van der Waals surface area contributed by atoms with Crippen molar-refractivity contribution in [3.63, 3.8) is 0 Å². The third-order valence-corrected chi connectivity index (χ3v) is 10.3. The topological polar surface area (TPSA) is 43.3 Å². The molecule has 5 heteroatoms. The zero-order valence-corrected chi connectivity index (χ0v) is 23.4. The lowest BCUT2D eigenvalue weighted by atomic mass is 9.99. The first-order valence-corrected chi connectivity index (χ1v) is 15.2. The molecule has 6 aromatic carbocycles. The van der Waals surface area contributed by atoms with Crippen molar-refractivity contribution in [1.82, 2.24) is 14.4 Å². The van der Waals surface area contributed by atoms with E-state index in [4.69, 9.17) is 14.4 Å². The number of thiophene rings is 1. The second-order valence-corrected chi connectivity index (χ2v) is 12.4. The average molecular weight is 566 g/mol. The van der Waals surface area contributed by atoms with Crippen molar-refractivity contribution in [3.05, 3.63) is 115 Å². The van der Waals surface area contributed by atoms with E-state index in [9.17, 15) is 0 Å². The Labute approximate surface area is 247 Å². The van der Waals surface area contributed by atoms with Crippen LogP contribution >= 0.6 is 11.3 Å². The van der Waals surface area contributed by atoms with E-state index in [2.05, 4.69) is 89.3 Å². The SMILES string of the molecule is c1ccc2nc3c(nc2c1)c1cc2c4ccccc4sc2c2c4cc(-c5ccc6oc7ccccc7c6c5)ccc4n3c12. The minimum Gasteiger partial charge on any atom is -0.456 e. The van der Waals surface area contributed by atoms with E-state index in [1.165, 1.54) is 47.6 Å². The zero-order chi connectivity index (χ0) is 27.8. The van der Waals surface area contributed by atoms with Crippen LogP contribution in [0.25, 0.3) is 103 Å². The normalized spacial score (nSPS) is 12.7. The Morgan fingerprint density at radius 3 is 2.19 bits per heavy atom. The maximum absolute atomic E-state index is 6.12. The quantitative estimate of drug-likeness (QED) is 0.199. The molecule has 0 bridgehead atoms. The van der Waals surface area contributed by atoms with Gasteiger partial charge in [0.1, 0.15) is 16.7 Å². The van der Waals surface area contributed by atoms with Gasteiger partial charge in [0.25, 0.3) is 0 Å². The van der Waals surface area contributed by atoms with Gasteiger partial charge < -0.3 is 4.42 Å². The summed E-state index contributed by atoms with van der Waals surface area (Å²) in [6.45, 7) is 0. The minimum atomic E-state index is 0.911. The molecule has 0 fully saturated rings. The molecule has 0 aliphatic carbocycles. The fraction of sp³-hybridized carbons (Fsp3) is 0. The molecule has 43 heavy (non-hydrogen) atoms. The molecule has 5 aromatic heterocycles. The first-order valence-electron chi connectivity index (χ1n) is 14.4. The van der Waals surface area contributed by atoms with E-state index in [1.807, 2.05) is 41.7 Å². The van der Waals surface area contributed by atoms with Crippen LogP contribution in [0.5, 0.6) is 0 Å². The zero-order valence-electron chi connectivity index (χ0n) is 22.6. The van der Waals surface area contributed by atoms with Crippen LogP contribution in [0.1, 0.15) is 0 Å². The molecule has 0 unspecified atom stereocenters. The van der Waals surface area contributed by atoms with Gasteiger partial charge in [0, 0.05) is 47.1 Å². The predicted molar refractivity (Wildman–Crippen MR) is 180 cm³/mol. The highest BCUT2D eigenvalue weighted by Crippen LogP contribution is 2.47. The van der Waals surface area contributed by atoms with Gasteiger partial charge in [0.2, 0.25) is 0 Å². The Bertz CT molecular complexity index is 2960. The van der Waals surface area contributed by atoms with Crippen LogP contribution in [0.3, 0.4) is 0 Å². The lowest BCUT2D eigenvalue weighted by molar-refractivity contribution is 0.669. The average Bonchev–Trinajstić information content (AvgIpc) is 3.79. The maximum Gasteiger partial charge on any atom is 0.165 e. The van der Waals surface area contributed by atoms with E-state index in [0.29, 0.717) is 0 Å². The number of benzene rings is 6. The molecule has 198 valence electrons. The summed E-state index contributed by atoms with van der Waals surface area (Å²) in [7, 11) is 0. The van der Waals surface area contributed by atoms with Gasteiger partial charge in [-0.25, -0.2) is 9.97 Å². The van der Waals surface area contributed by atoms with Gasteiger partial charge in [-0.05, 0) is 65.7 Å². The summed E-state index contributed by atoms with van der Waals surface area (Å²) in [5, 5.41) is 8.53. The molecule has 11 aromatic rings. The largest absolute Gasteiger partial charge is 0.456 e. The van der Waals surface area contributed by atoms with E-state index >= 15 is 0 Å². The Morgan fingerprint density at radius 1 is 0.558 bits per heavy atom. The molecule has 4 nitrogen and oxygen atoms in total. The first kappa shape index (κ1) is 22.1. The molecular weight excluding hydrogens is 547 g/mol. The molecule has 0 radical (unpaired) electrons. The predicted octanol–water partition coefficient (Wildman–Crippen LogP) is 10.7. The number of aromatic nitrogens is 3. The van der Waals surface area contributed by atoms with Gasteiger partial charge in [-0.3, -0.25) is 4.40 Å². The van der Waals surface area contributed by atoms with Gasteiger partial charge in [-0.2, -0.15) is 0 Å². The fourth-order valence-corrected chi connectivity index (χ4v) is 8.44. The Hall–Kier alpha value is -5.52. The molecule has 0 amide bonds. The number of para-hydroxylation sites is 3. The highest BCUT2D eigenvalue weighted by molar-refractivity contribution is 7.26. The number of nitrogens with zero attached hydrogens (tertiary/aromatic N) is 3. The summed E-state index contributed by atoms with van der Waals surface area (Å²) in [6.07, 6.45) is 0. The lowest BCUT2D eigenvalue weighted by Crippen LogP contribution is -1.89. The van der Waals surface area contributed by atoms with Crippen LogP contribution < -0.4 is 0 Å². The van der Waals surface area contributed by atoms with E-state index in [0.717, 1.165) is 55.0 Å². The number of hydrogen-bond acceptors (Lipinski definition) is 4. The molecule has 0 saturated carbocycles. The third-order valence-electron chi connectivity index (χ3n) is 9.10. The number of rotatable bonds is 1. The van der Waals surface area contributed by atoms with Crippen LogP contribution in [0, 0.1) is 0 Å². The van der Waals surface area contributed by atoms with Crippen molar-refractivity contribution in [2.24, 2.45) is 0 Å². The smallest absolute Gasteiger partial charge is 0.165 e. The monoisotopic (exact) mass is 565 g/mol. The van der Waals surface area contributed by atoms with Crippen molar-refractivity contribution in [3.8, 4) is 11.1 Å². The van der Waals surface area contributed by atoms with E-state index in [-0.39, 0.29) is 0 Å². The van der Waals surface area contributed by atoms with E-state index in [1.54, 1.807) is 0 Å². The van der Waals surface area contributed by atoms with Crippen LogP contribution in [0.2, 0.25) is 0 Å². The van der Waals surface area contributed by atoms with Crippen LogP contribution in [-0.4, -0.2) is 14.4 Å². The van der Waals surface area contributed by atoms with Crippen molar-refractivity contribution < 1.29 is 4.42 Å². The van der Waals surface area contributed by atoms with Crippen LogP contribution in [0.15, 0.2) is 120 Å². The van der Waals surface area contributed by atoms with Gasteiger partial charge in [0.05, 0.1) is 22.1 Å². The summed E-state index contributed by atoms with van der Waals surface area (Å²) < 4.78 is 11.1. The molecule has 5 heterocycles. The van der Waals surface area contributed by atoms with Gasteiger partial charge >= 0.3 is 0 Å². The second-order valence-electron chi connectivity index (χ2n) is 11.4. The molecule has 0 aliphatic rings. The summed E-state index contributed by atoms with van der Waals surface area (Å²) in [5.41, 5.74) is 10.2. The molecular formula is C38H19N3OS. The molecule has 0 spiro atoms. The molecule has 11 rings (SSSR count). The highest BCUT2D eigenvalue weighted by atomic mass is 32.1. The summed E-state index contributed by atoms with van der Waals surface area (Å²) in [6, 6.07) is 40.9. The van der Waals surface area contributed by atoms with Crippen molar-refractivity contribution in [2.75, 3.05) is 0 Å². The molecule has 0 atom stereocenters. The van der Waals surface area contributed by atoms with Crippen molar-refractivity contribution in [1.29, 1.82) is 0 Å². The van der Waals surface area contributed by atoms with Crippen LogP contribution in [0.4, 0.5) is 0 Å². The Balaban J connectivity index is 1.30. The summed E-state index contributed by atoms with van der Waals surface area (Å²) in [4.78, 5) is 10.4. The van der Waals surface area contributed by atoms with Gasteiger partial charge in [0.15, 0.2) is 5.65 Å². The minimum absolute atomic E-state index is 0.911. The van der Waals surface area contributed by atoms with Crippen LogP contribution in [-0.2, 0) is 0 Å². The van der Waals surface area contributed by atoms with Gasteiger partial charge in [-0.15, -0.1) is 11.3 Å². The standard InChI is InChI=1S/C38H19N3OS/c1-5-11-31-22(7-1)24-17-21(14-16-32(24)42-31)20-13-15-30-26(18-20)34-36-27(19-25-23-8-2-6-12-33(23)43-37(25)34)35-38(41(30)36)40-29-10-4-3-9-28(29)39-35/h1-19H. The molecule has 0 saturated heterocycles.